The highest BCUT2D eigenvalue weighted by atomic mass is 16.5. The Hall–Kier alpha value is -2.64. The molecule has 0 spiro atoms. The van der Waals surface area contributed by atoms with Crippen LogP contribution in [0.2, 0.25) is 0 Å². The summed E-state index contributed by atoms with van der Waals surface area (Å²) in [6.07, 6.45) is 4.05. The predicted octanol–water partition coefficient (Wildman–Crippen LogP) is 1.84. The summed E-state index contributed by atoms with van der Waals surface area (Å²) < 4.78 is 5.87. The Labute approximate surface area is 158 Å². The first-order valence-electron chi connectivity index (χ1n) is 9.23. The lowest BCUT2D eigenvalue weighted by atomic mass is 9.86. The van der Waals surface area contributed by atoms with E-state index < -0.39 is 11.9 Å². The van der Waals surface area contributed by atoms with Crippen molar-refractivity contribution in [3.8, 4) is 5.88 Å². The third-order valence-electron chi connectivity index (χ3n) is 5.16. The van der Waals surface area contributed by atoms with Crippen LogP contribution in [0.4, 0.5) is 4.79 Å². The van der Waals surface area contributed by atoms with Gasteiger partial charge in [0.25, 0.3) is 11.8 Å². The number of hydrogen-bond donors (Lipinski definition) is 2. The molecule has 1 saturated carbocycles. The van der Waals surface area contributed by atoms with Crippen LogP contribution in [0.5, 0.6) is 5.88 Å². The highest BCUT2D eigenvalue weighted by molar-refractivity contribution is 6.05. The van der Waals surface area contributed by atoms with E-state index in [1.54, 1.807) is 18.3 Å². The maximum absolute atomic E-state index is 12.7. The molecule has 1 aliphatic carbocycles. The third-order valence-corrected chi connectivity index (χ3v) is 5.16. The van der Waals surface area contributed by atoms with E-state index in [1.807, 2.05) is 20.8 Å². The zero-order chi connectivity index (χ0) is 19.8. The Balaban J connectivity index is 1.62. The Kier molecular flexibility index (Phi) is 5.08. The highest BCUT2D eigenvalue weighted by Gasteiger charge is 2.47. The molecule has 2 heterocycles. The number of carbonyl (C=O) groups is 3. The fourth-order valence-electron chi connectivity index (χ4n) is 3.68. The maximum Gasteiger partial charge on any atom is 0.325 e. The summed E-state index contributed by atoms with van der Waals surface area (Å²) in [5, 5.41) is 2.81. The number of nitrogens with one attached hydrogen (secondary N) is 1. The first-order chi connectivity index (χ1) is 12.7. The molecular formula is C19H26N4O4. The van der Waals surface area contributed by atoms with Gasteiger partial charge < -0.3 is 15.8 Å². The lowest BCUT2D eigenvalue weighted by molar-refractivity contribution is -0.131. The number of nitrogens with two attached hydrogens (primary N) is 1. The van der Waals surface area contributed by atoms with Crippen molar-refractivity contribution in [3.63, 3.8) is 0 Å². The zero-order valence-corrected chi connectivity index (χ0v) is 15.9. The van der Waals surface area contributed by atoms with Gasteiger partial charge in [-0.25, -0.2) is 9.78 Å². The van der Waals surface area contributed by atoms with Gasteiger partial charge in [-0.1, -0.05) is 20.8 Å². The molecule has 1 aromatic heterocycles. The quantitative estimate of drug-likeness (QED) is 0.781. The van der Waals surface area contributed by atoms with Crippen LogP contribution >= 0.6 is 0 Å². The Bertz CT molecular complexity index is 750. The van der Waals surface area contributed by atoms with E-state index in [-0.39, 0.29) is 40.9 Å². The molecule has 3 N–H and O–H groups in total. The standard InChI is InChI=1S/C19H26N4O4/c1-19(2,3)14-17(25)23(18(26)22-14)11-6-8-12(9-7-11)27-16-13(15(20)24)5-4-10-21-16/h4-5,10-12,14H,6-9H2,1-3H3,(H2,20,24)(H,22,26). The molecule has 1 saturated heterocycles. The molecular weight excluding hydrogens is 348 g/mol. The Morgan fingerprint density at radius 2 is 1.93 bits per heavy atom. The van der Waals surface area contributed by atoms with Crippen molar-refractivity contribution in [1.82, 2.24) is 15.2 Å². The van der Waals surface area contributed by atoms with E-state index in [2.05, 4.69) is 10.3 Å². The van der Waals surface area contributed by atoms with E-state index in [9.17, 15) is 14.4 Å². The average Bonchev–Trinajstić information content (AvgIpc) is 2.91. The second-order valence-electron chi connectivity index (χ2n) is 8.23. The minimum atomic E-state index is -0.584. The van der Waals surface area contributed by atoms with Crippen LogP contribution in [0.3, 0.4) is 0 Å². The van der Waals surface area contributed by atoms with Crippen LogP contribution in [-0.2, 0) is 4.79 Å². The van der Waals surface area contributed by atoms with E-state index >= 15 is 0 Å². The molecule has 1 unspecified atom stereocenters. The number of primary amides is 1. The van der Waals surface area contributed by atoms with Crippen molar-refractivity contribution in [2.24, 2.45) is 11.1 Å². The molecule has 0 aromatic carbocycles. The van der Waals surface area contributed by atoms with Gasteiger partial charge in [-0.3, -0.25) is 14.5 Å². The zero-order valence-electron chi connectivity index (χ0n) is 15.9. The monoisotopic (exact) mass is 374 g/mol. The van der Waals surface area contributed by atoms with Crippen LogP contribution in [0, 0.1) is 5.41 Å². The van der Waals surface area contributed by atoms with Crippen molar-refractivity contribution in [3.05, 3.63) is 23.9 Å². The summed E-state index contributed by atoms with van der Waals surface area (Å²) in [5.74, 6) is -0.506. The molecule has 146 valence electrons. The summed E-state index contributed by atoms with van der Waals surface area (Å²) in [7, 11) is 0. The molecule has 3 rings (SSSR count). The Morgan fingerprint density at radius 3 is 2.48 bits per heavy atom. The largest absolute Gasteiger partial charge is 0.474 e. The van der Waals surface area contributed by atoms with Gasteiger partial charge in [0.1, 0.15) is 17.7 Å². The van der Waals surface area contributed by atoms with Crippen molar-refractivity contribution >= 4 is 17.8 Å². The summed E-state index contributed by atoms with van der Waals surface area (Å²) in [6.45, 7) is 5.81. The number of carbonyl (C=O) groups excluding carboxylic acids is 3. The highest BCUT2D eigenvalue weighted by Crippen LogP contribution is 2.32. The SMILES string of the molecule is CC(C)(C)C1NC(=O)N(C2CCC(Oc3ncccc3C(N)=O)CC2)C1=O. The van der Waals surface area contributed by atoms with Crippen LogP contribution in [0.15, 0.2) is 18.3 Å². The van der Waals surface area contributed by atoms with Crippen LogP contribution < -0.4 is 15.8 Å². The molecule has 1 aromatic rings. The molecule has 27 heavy (non-hydrogen) atoms. The number of ether oxygens (including phenoxy) is 1. The van der Waals surface area contributed by atoms with Crippen molar-refractivity contribution < 1.29 is 19.1 Å². The molecule has 8 nitrogen and oxygen atoms in total. The molecule has 2 fully saturated rings. The number of aromatic nitrogens is 1. The number of hydrogen-bond acceptors (Lipinski definition) is 5. The van der Waals surface area contributed by atoms with Gasteiger partial charge in [0.15, 0.2) is 0 Å². The minimum Gasteiger partial charge on any atom is -0.474 e. The molecule has 0 bridgehead atoms. The topological polar surface area (TPSA) is 115 Å². The molecule has 1 atom stereocenters. The summed E-state index contributed by atoms with van der Waals surface area (Å²) in [5.41, 5.74) is 5.28. The van der Waals surface area contributed by atoms with Crippen molar-refractivity contribution in [1.29, 1.82) is 0 Å². The Morgan fingerprint density at radius 1 is 1.26 bits per heavy atom. The van der Waals surface area contributed by atoms with Crippen molar-refractivity contribution in [2.75, 3.05) is 0 Å². The predicted molar refractivity (Wildman–Crippen MR) is 98.0 cm³/mol. The van der Waals surface area contributed by atoms with Crippen molar-refractivity contribution in [2.45, 2.75) is 64.6 Å². The number of nitrogens with zero attached hydrogens (tertiary/aromatic N) is 2. The normalized spacial score (nSPS) is 26.0. The van der Waals surface area contributed by atoms with Gasteiger partial charge in [0, 0.05) is 12.2 Å². The third kappa shape index (κ3) is 3.89. The number of amides is 4. The van der Waals surface area contributed by atoms with E-state index in [0.29, 0.717) is 25.7 Å². The fraction of sp³-hybridized carbons (Fsp3) is 0.579. The minimum absolute atomic E-state index is 0.131. The van der Waals surface area contributed by atoms with Gasteiger partial charge in [0.05, 0.1) is 0 Å². The van der Waals surface area contributed by atoms with Gasteiger partial charge in [-0.05, 0) is 43.2 Å². The second-order valence-corrected chi connectivity index (χ2v) is 8.23. The number of pyridine rings is 1. The van der Waals surface area contributed by atoms with Gasteiger partial charge in [0.2, 0.25) is 5.88 Å². The number of rotatable bonds is 4. The van der Waals surface area contributed by atoms with Crippen LogP contribution in [-0.4, -0.2) is 45.9 Å². The fourth-order valence-corrected chi connectivity index (χ4v) is 3.68. The van der Waals surface area contributed by atoms with Crippen LogP contribution in [0.25, 0.3) is 0 Å². The lowest BCUT2D eigenvalue weighted by Crippen LogP contribution is -2.45. The molecule has 4 amide bonds. The summed E-state index contributed by atoms with van der Waals surface area (Å²) >= 11 is 0. The number of imide groups is 1. The smallest absolute Gasteiger partial charge is 0.325 e. The second kappa shape index (κ2) is 7.17. The summed E-state index contributed by atoms with van der Waals surface area (Å²) in [6, 6.07) is 2.27. The van der Waals surface area contributed by atoms with Gasteiger partial charge >= 0.3 is 6.03 Å². The first-order valence-corrected chi connectivity index (χ1v) is 9.23. The van der Waals surface area contributed by atoms with Gasteiger partial charge in [-0.15, -0.1) is 0 Å². The lowest BCUT2D eigenvalue weighted by Gasteiger charge is -2.33. The van der Waals surface area contributed by atoms with E-state index in [0.717, 1.165) is 0 Å². The molecule has 0 radical (unpaired) electrons. The van der Waals surface area contributed by atoms with Crippen LogP contribution in [0.1, 0.15) is 56.8 Å². The van der Waals surface area contributed by atoms with E-state index in [4.69, 9.17) is 10.5 Å². The maximum atomic E-state index is 12.7. The first kappa shape index (κ1) is 19.1. The molecule has 8 heteroatoms. The summed E-state index contributed by atoms with van der Waals surface area (Å²) in [4.78, 5) is 42.0. The average molecular weight is 374 g/mol. The van der Waals surface area contributed by atoms with Gasteiger partial charge in [-0.2, -0.15) is 0 Å². The number of urea groups is 1. The van der Waals surface area contributed by atoms with E-state index in [1.165, 1.54) is 4.90 Å². The molecule has 2 aliphatic rings. The molecule has 1 aliphatic heterocycles.